The number of carbonyl (C=O) groups excluding carboxylic acids is 2. The molecule has 0 aliphatic carbocycles. The first kappa shape index (κ1) is 21.6. The molecule has 3 aromatic rings. The summed E-state index contributed by atoms with van der Waals surface area (Å²) in [5.74, 6) is 1.31. The van der Waals surface area contributed by atoms with Gasteiger partial charge in [-0.2, -0.15) is 0 Å². The smallest absolute Gasteiger partial charge is 0.343 e. The molecule has 0 spiro atoms. The third-order valence-electron chi connectivity index (χ3n) is 4.50. The first-order valence-electron chi connectivity index (χ1n) is 9.45. The summed E-state index contributed by atoms with van der Waals surface area (Å²) in [7, 11) is 4.58. The molecule has 0 aliphatic rings. The van der Waals surface area contributed by atoms with E-state index < -0.39 is 5.97 Å². The second-order valence-electron chi connectivity index (χ2n) is 6.45. The van der Waals surface area contributed by atoms with Gasteiger partial charge in [-0.15, -0.1) is 0 Å². The van der Waals surface area contributed by atoms with Crippen LogP contribution in [-0.2, 0) is 0 Å². The van der Waals surface area contributed by atoms with Gasteiger partial charge in [-0.05, 0) is 60.2 Å². The minimum Gasteiger partial charge on any atom is -0.497 e. The van der Waals surface area contributed by atoms with Gasteiger partial charge in [0.25, 0.3) is 0 Å². The highest BCUT2D eigenvalue weighted by Gasteiger charge is 2.12. The van der Waals surface area contributed by atoms with Crippen molar-refractivity contribution in [3.8, 4) is 23.0 Å². The zero-order chi connectivity index (χ0) is 22.2. The highest BCUT2D eigenvalue weighted by molar-refractivity contribution is 6.08. The number of rotatable bonds is 8. The Kier molecular flexibility index (Phi) is 7.06. The van der Waals surface area contributed by atoms with Gasteiger partial charge in [0, 0.05) is 0 Å². The molecule has 0 amide bonds. The molecule has 3 rings (SSSR count). The second-order valence-corrected chi connectivity index (χ2v) is 6.45. The Bertz CT molecular complexity index is 1100. The summed E-state index contributed by atoms with van der Waals surface area (Å²) in [5.41, 5.74) is 1.57. The molecule has 6 heteroatoms. The van der Waals surface area contributed by atoms with E-state index in [1.54, 1.807) is 72.8 Å². The Labute approximate surface area is 180 Å². The van der Waals surface area contributed by atoms with E-state index in [0.29, 0.717) is 34.1 Å². The van der Waals surface area contributed by atoms with E-state index in [-0.39, 0.29) is 5.78 Å². The van der Waals surface area contributed by atoms with Gasteiger partial charge in [0.1, 0.15) is 23.0 Å². The van der Waals surface area contributed by atoms with Crippen molar-refractivity contribution in [2.75, 3.05) is 21.3 Å². The lowest BCUT2D eigenvalue weighted by molar-refractivity contribution is 0.0734. The Morgan fingerprint density at radius 2 is 1.42 bits per heavy atom. The van der Waals surface area contributed by atoms with E-state index in [2.05, 4.69) is 0 Å². The first-order chi connectivity index (χ1) is 15.0. The summed E-state index contributed by atoms with van der Waals surface area (Å²) in [6.07, 6.45) is 3.13. The number of hydrogen-bond donors (Lipinski definition) is 0. The van der Waals surface area contributed by atoms with Crippen molar-refractivity contribution in [1.29, 1.82) is 0 Å². The van der Waals surface area contributed by atoms with Crippen LogP contribution in [0.5, 0.6) is 23.0 Å². The van der Waals surface area contributed by atoms with E-state index in [1.807, 2.05) is 0 Å². The lowest BCUT2D eigenvalue weighted by Crippen LogP contribution is -2.08. The Hall–Kier alpha value is -4.06. The number of hydrogen-bond acceptors (Lipinski definition) is 6. The molecule has 0 saturated carbocycles. The average Bonchev–Trinajstić information content (AvgIpc) is 2.82. The molecule has 0 saturated heterocycles. The molecule has 0 unspecified atom stereocenters. The second kappa shape index (κ2) is 10.1. The standard InChI is InChI=1S/C25H22O6/c1-28-20-6-4-5-18(15-20)25(27)31-19-10-7-17(8-11-19)9-13-23(26)22-16-21(29-2)12-14-24(22)30-3/h4-16H,1-3H3/b13-9+. The van der Waals surface area contributed by atoms with E-state index in [0.717, 1.165) is 5.56 Å². The number of ether oxygens (including phenoxy) is 4. The number of allylic oxidation sites excluding steroid dienone is 1. The van der Waals surface area contributed by atoms with E-state index in [9.17, 15) is 9.59 Å². The lowest BCUT2D eigenvalue weighted by Gasteiger charge is -2.08. The topological polar surface area (TPSA) is 71.1 Å². The zero-order valence-corrected chi connectivity index (χ0v) is 17.5. The minimum atomic E-state index is -0.484. The third kappa shape index (κ3) is 5.51. The Morgan fingerprint density at radius 1 is 0.742 bits per heavy atom. The molecule has 6 nitrogen and oxygen atoms in total. The quantitative estimate of drug-likeness (QED) is 0.226. The minimum absolute atomic E-state index is 0.218. The van der Waals surface area contributed by atoms with Crippen LogP contribution in [0.1, 0.15) is 26.3 Å². The molecule has 0 N–H and O–H groups in total. The van der Waals surface area contributed by atoms with Gasteiger partial charge in [0.05, 0.1) is 32.5 Å². The van der Waals surface area contributed by atoms with Crippen molar-refractivity contribution < 1.29 is 28.5 Å². The van der Waals surface area contributed by atoms with Crippen LogP contribution in [0.4, 0.5) is 0 Å². The molecule has 0 radical (unpaired) electrons. The number of carbonyl (C=O) groups is 2. The van der Waals surface area contributed by atoms with Gasteiger partial charge >= 0.3 is 5.97 Å². The molecule has 3 aromatic carbocycles. The van der Waals surface area contributed by atoms with Gasteiger partial charge in [0.15, 0.2) is 5.78 Å². The summed E-state index contributed by atoms with van der Waals surface area (Å²) in [6.45, 7) is 0. The summed E-state index contributed by atoms with van der Waals surface area (Å²) < 4.78 is 20.9. The van der Waals surface area contributed by atoms with Gasteiger partial charge in [-0.3, -0.25) is 4.79 Å². The third-order valence-corrected chi connectivity index (χ3v) is 4.50. The molecule has 0 fully saturated rings. The molecular formula is C25H22O6. The van der Waals surface area contributed by atoms with Crippen LogP contribution in [-0.4, -0.2) is 33.1 Å². The first-order valence-corrected chi connectivity index (χ1v) is 9.45. The SMILES string of the molecule is COc1cccc(C(=O)Oc2ccc(/C=C/C(=O)c3cc(OC)ccc3OC)cc2)c1. The van der Waals surface area contributed by atoms with Gasteiger partial charge in [-0.25, -0.2) is 4.79 Å². The van der Waals surface area contributed by atoms with Crippen molar-refractivity contribution in [2.24, 2.45) is 0 Å². The van der Waals surface area contributed by atoms with Crippen LogP contribution < -0.4 is 18.9 Å². The Morgan fingerprint density at radius 3 is 2.10 bits per heavy atom. The van der Waals surface area contributed by atoms with Gasteiger partial charge in [-0.1, -0.05) is 24.3 Å². The van der Waals surface area contributed by atoms with Crippen LogP contribution in [0.3, 0.4) is 0 Å². The number of benzene rings is 3. The monoisotopic (exact) mass is 418 g/mol. The predicted molar refractivity (Wildman–Crippen MR) is 117 cm³/mol. The maximum atomic E-state index is 12.6. The zero-order valence-electron chi connectivity index (χ0n) is 17.5. The highest BCUT2D eigenvalue weighted by Crippen LogP contribution is 2.25. The van der Waals surface area contributed by atoms with Crippen LogP contribution >= 0.6 is 0 Å². The summed E-state index contributed by atoms with van der Waals surface area (Å²) >= 11 is 0. The molecule has 0 aromatic heterocycles. The summed E-state index contributed by atoms with van der Waals surface area (Å²) in [6, 6.07) is 18.6. The molecular weight excluding hydrogens is 396 g/mol. The molecule has 0 aliphatic heterocycles. The maximum Gasteiger partial charge on any atom is 0.343 e. The fourth-order valence-corrected chi connectivity index (χ4v) is 2.83. The molecule has 158 valence electrons. The molecule has 0 atom stereocenters. The highest BCUT2D eigenvalue weighted by atomic mass is 16.5. The molecule has 31 heavy (non-hydrogen) atoms. The largest absolute Gasteiger partial charge is 0.497 e. The van der Waals surface area contributed by atoms with E-state index in [1.165, 1.54) is 27.4 Å². The van der Waals surface area contributed by atoms with Crippen LogP contribution in [0.2, 0.25) is 0 Å². The lowest BCUT2D eigenvalue weighted by atomic mass is 10.1. The van der Waals surface area contributed by atoms with Gasteiger partial charge < -0.3 is 18.9 Å². The van der Waals surface area contributed by atoms with Crippen molar-refractivity contribution in [3.05, 3.63) is 89.5 Å². The van der Waals surface area contributed by atoms with E-state index >= 15 is 0 Å². The van der Waals surface area contributed by atoms with E-state index in [4.69, 9.17) is 18.9 Å². The molecule has 0 heterocycles. The average molecular weight is 418 g/mol. The fourth-order valence-electron chi connectivity index (χ4n) is 2.83. The van der Waals surface area contributed by atoms with Gasteiger partial charge in [0.2, 0.25) is 0 Å². The molecule has 0 bridgehead atoms. The summed E-state index contributed by atoms with van der Waals surface area (Å²) in [4.78, 5) is 24.9. The van der Waals surface area contributed by atoms with Crippen molar-refractivity contribution in [3.63, 3.8) is 0 Å². The van der Waals surface area contributed by atoms with Crippen LogP contribution in [0.15, 0.2) is 72.8 Å². The van der Waals surface area contributed by atoms with Crippen molar-refractivity contribution in [1.82, 2.24) is 0 Å². The van der Waals surface area contributed by atoms with Crippen LogP contribution in [0.25, 0.3) is 6.08 Å². The van der Waals surface area contributed by atoms with Crippen LogP contribution in [0, 0.1) is 0 Å². The fraction of sp³-hybridized carbons (Fsp3) is 0.120. The predicted octanol–water partition coefficient (Wildman–Crippen LogP) is 4.83. The summed E-state index contributed by atoms with van der Waals surface area (Å²) in [5, 5.41) is 0. The number of methoxy groups -OCH3 is 3. The normalized spacial score (nSPS) is 10.5. The maximum absolute atomic E-state index is 12.6. The number of esters is 1. The van der Waals surface area contributed by atoms with Crippen molar-refractivity contribution in [2.45, 2.75) is 0 Å². The van der Waals surface area contributed by atoms with Crippen molar-refractivity contribution >= 4 is 17.8 Å². The number of ketones is 1. The Balaban J connectivity index is 1.68.